The molecule has 8 heteroatoms. The molecule has 3 aliphatic rings. The second-order valence-corrected chi connectivity index (χ2v) is 8.24. The Hall–Kier alpha value is -1.83. The first-order valence-corrected chi connectivity index (χ1v) is 11.0. The Morgan fingerprint density at radius 1 is 1.07 bits per heavy atom. The number of carbonyl (C=O) groups excluding carboxylic acids is 3. The van der Waals surface area contributed by atoms with Crippen molar-refractivity contribution in [3.05, 3.63) is 0 Å². The van der Waals surface area contributed by atoms with Crippen LogP contribution in [0.1, 0.15) is 57.8 Å². The summed E-state index contributed by atoms with van der Waals surface area (Å²) in [4.78, 5) is 40.4. The van der Waals surface area contributed by atoms with E-state index in [4.69, 9.17) is 0 Å². The van der Waals surface area contributed by atoms with E-state index in [-0.39, 0.29) is 23.9 Å². The van der Waals surface area contributed by atoms with Crippen LogP contribution >= 0.6 is 0 Å². The van der Waals surface area contributed by atoms with Gasteiger partial charge in [0.05, 0.1) is 6.54 Å². The van der Waals surface area contributed by atoms with Gasteiger partial charge in [-0.3, -0.25) is 9.59 Å². The Morgan fingerprint density at radius 3 is 2.68 bits per heavy atom. The molecule has 3 N–H and O–H groups in total. The molecule has 0 aromatic heterocycles. The molecule has 2 aliphatic heterocycles. The van der Waals surface area contributed by atoms with Crippen molar-refractivity contribution >= 4 is 17.8 Å². The molecule has 0 aromatic rings. The molecule has 3 fully saturated rings. The van der Waals surface area contributed by atoms with Crippen molar-refractivity contribution in [2.45, 2.75) is 69.9 Å². The summed E-state index contributed by atoms with van der Waals surface area (Å²) in [5, 5.41) is 9.00. The van der Waals surface area contributed by atoms with Crippen LogP contribution in [0.25, 0.3) is 0 Å². The summed E-state index contributed by atoms with van der Waals surface area (Å²) in [5.74, 6) is 0.264. The van der Waals surface area contributed by atoms with Crippen LogP contribution < -0.4 is 16.0 Å². The number of hydrogen-bond acceptors (Lipinski definition) is 4. The molecule has 1 atom stereocenters. The van der Waals surface area contributed by atoms with E-state index in [0.717, 1.165) is 45.3 Å². The number of amides is 4. The van der Waals surface area contributed by atoms with Crippen molar-refractivity contribution in [1.29, 1.82) is 0 Å². The third kappa shape index (κ3) is 6.09. The van der Waals surface area contributed by atoms with Crippen molar-refractivity contribution in [2.24, 2.45) is 0 Å². The fourth-order valence-corrected chi connectivity index (χ4v) is 4.53. The minimum Gasteiger partial charge on any atom is -0.341 e. The topological polar surface area (TPSA) is 93.8 Å². The molecule has 8 nitrogen and oxygen atoms in total. The lowest BCUT2D eigenvalue weighted by Crippen LogP contribution is -2.57. The van der Waals surface area contributed by atoms with Gasteiger partial charge >= 0.3 is 6.03 Å². The van der Waals surface area contributed by atoms with Crippen LogP contribution in [-0.4, -0.2) is 79.0 Å². The fourth-order valence-electron chi connectivity index (χ4n) is 4.53. The van der Waals surface area contributed by atoms with Crippen molar-refractivity contribution in [3.63, 3.8) is 0 Å². The van der Waals surface area contributed by atoms with E-state index in [2.05, 4.69) is 16.0 Å². The summed E-state index contributed by atoms with van der Waals surface area (Å²) in [6.45, 7) is 3.87. The van der Waals surface area contributed by atoms with E-state index in [0.29, 0.717) is 38.5 Å². The largest absolute Gasteiger partial charge is 0.341 e. The highest BCUT2D eigenvalue weighted by molar-refractivity contribution is 5.80. The van der Waals surface area contributed by atoms with Gasteiger partial charge in [0.25, 0.3) is 0 Å². The molecule has 2 heterocycles. The second kappa shape index (κ2) is 10.6. The predicted molar refractivity (Wildman–Crippen MR) is 107 cm³/mol. The summed E-state index contributed by atoms with van der Waals surface area (Å²) < 4.78 is 0. The summed E-state index contributed by atoms with van der Waals surface area (Å²) in [7, 11) is 0. The zero-order valence-electron chi connectivity index (χ0n) is 16.9. The van der Waals surface area contributed by atoms with E-state index in [1.54, 1.807) is 0 Å². The molecule has 3 rings (SSSR count). The standard InChI is InChI=1S/C20H35N5O3/c26-18(9-4-10-22-20(28)23-16-6-2-1-3-7-16)24-12-5-8-17(15-24)25-13-11-21-14-19(25)27/h16-17,21H,1-15H2,(H2,22,23,28). The Bertz CT molecular complexity index is 550. The number of likely N-dealkylation sites (tertiary alicyclic amines) is 1. The minimum atomic E-state index is -0.116. The predicted octanol–water partition coefficient (Wildman–Crippen LogP) is 0.821. The van der Waals surface area contributed by atoms with Gasteiger partial charge in [-0.1, -0.05) is 19.3 Å². The van der Waals surface area contributed by atoms with E-state index in [1.807, 2.05) is 9.80 Å². The zero-order chi connectivity index (χ0) is 19.8. The number of carbonyl (C=O) groups is 3. The first-order chi connectivity index (χ1) is 13.6. The SMILES string of the molecule is O=C(NCCCC(=O)N1CCCC(N2CCNCC2=O)C1)NC1CCCCC1. The molecule has 1 unspecified atom stereocenters. The maximum absolute atomic E-state index is 12.6. The normalized spacial score (nSPS) is 24.1. The Balaban J connectivity index is 1.32. The molecular weight excluding hydrogens is 358 g/mol. The second-order valence-electron chi connectivity index (χ2n) is 8.24. The molecule has 0 aromatic carbocycles. The van der Waals surface area contributed by atoms with Crippen LogP contribution in [0.4, 0.5) is 4.79 Å². The third-order valence-electron chi connectivity index (χ3n) is 6.11. The van der Waals surface area contributed by atoms with Crippen molar-refractivity contribution in [1.82, 2.24) is 25.8 Å². The highest BCUT2D eigenvalue weighted by Crippen LogP contribution is 2.18. The van der Waals surface area contributed by atoms with Gasteiger partial charge in [-0.05, 0) is 32.1 Å². The first kappa shape index (κ1) is 20.9. The van der Waals surface area contributed by atoms with Crippen molar-refractivity contribution in [3.8, 4) is 0 Å². The average Bonchev–Trinajstić information content (AvgIpc) is 2.72. The molecule has 2 saturated heterocycles. The highest BCUT2D eigenvalue weighted by atomic mass is 16.2. The van der Waals surface area contributed by atoms with Gasteiger partial charge in [-0.15, -0.1) is 0 Å². The van der Waals surface area contributed by atoms with Gasteiger partial charge < -0.3 is 25.8 Å². The molecule has 28 heavy (non-hydrogen) atoms. The van der Waals surface area contributed by atoms with Crippen LogP contribution in [0.15, 0.2) is 0 Å². The van der Waals surface area contributed by atoms with E-state index >= 15 is 0 Å². The first-order valence-electron chi connectivity index (χ1n) is 11.0. The number of piperazine rings is 1. The molecule has 1 saturated carbocycles. The highest BCUT2D eigenvalue weighted by Gasteiger charge is 2.31. The van der Waals surface area contributed by atoms with Gasteiger partial charge in [0.2, 0.25) is 11.8 Å². The summed E-state index contributed by atoms with van der Waals surface area (Å²) in [5.41, 5.74) is 0. The number of urea groups is 1. The molecule has 4 amide bonds. The molecule has 0 bridgehead atoms. The molecular formula is C20H35N5O3. The van der Waals surface area contributed by atoms with E-state index in [9.17, 15) is 14.4 Å². The number of nitrogens with zero attached hydrogens (tertiary/aromatic N) is 2. The lowest BCUT2D eigenvalue weighted by atomic mass is 9.96. The number of nitrogens with one attached hydrogen (secondary N) is 3. The quantitative estimate of drug-likeness (QED) is 0.583. The lowest BCUT2D eigenvalue weighted by Gasteiger charge is -2.41. The van der Waals surface area contributed by atoms with Gasteiger partial charge in [0.15, 0.2) is 0 Å². The number of piperidine rings is 1. The van der Waals surface area contributed by atoms with Gasteiger partial charge in [-0.25, -0.2) is 4.79 Å². The smallest absolute Gasteiger partial charge is 0.315 e. The van der Waals surface area contributed by atoms with Gasteiger partial charge in [0.1, 0.15) is 0 Å². The Labute approximate surface area is 167 Å². The van der Waals surface area contributed by atoms with E-state index < -0.39 is 0 Å². The number of hydrogen-bond donors (Lipinski definition) is 3. The van der Waals surface area contributed by atoms with Crippen LogP contribution in [0.5, 0.6) is 0 Å². The maximum Gasteiger partial charge on any atom is 0.315 e. The van der Waals surface area contributed by atoms with Crippen molar-refractivity contribution in [2.75, 3.05) is 39.3 Å². The minimum absolute atomic E-state index is 0.116. The molecule has 158 valence electrons. The third-order valence-corrected chi connectivity index (χ3v) is 6.11. The summed E-state index contributed by atoms with van der Waals surface area (Å²) >= 11 is 0. The Morgan fingerprint density at radius 2 is 1.89 bits per heavy atom. The van der Waals surface area contributed by atoms with Crippen LogP contribution in [0, 0.1) is 0 Å². The zero-order valence-corrected chi connectivity index (χ0v) is 16.9. The fraction of sp³-hybridized carbons (Fsp3) is 0.850. The van der Waals surface area contributed by atoms with Gasteiger partial charge in [0, 0.05) is 51.2 Å². The molecule has 0 spiro atoms. The van der Waals surface area contributed by atoms with Crippen LogP contribution in [0.2, 0.25) is 0 Å². The Kier molecular flexibility index (Phi) is 7.94. The lowest BCUT2D eigenvalue weighted by molar-refractivity contribution is -0.140. The maximum atomic E-state index is 12.6. The summed E-state index contributed by atoms with van der Waals surface area (Å²) in [6.07, 6.45) is 8.77. The van der Waals surface area contributed by atoms with Crippen LogP contribution in [-0.2, 0) is 9.59 Å². The number of rotatable bonds is 6. The molecule has 0 radical (unpaired) electrons. The van der Waals surface area contributed by atoms with E-state index in [1.165, 1.54) is 19.3 Å². The van der Waals surface area contributed by atoms with Crippen molar-refractivity contribution < 1.29 is 14.4 Å². The monoisotopic (exact) mass is 393 g/mol. The average molecular weight is 394 g/mol. The van der Waals surface area contributed by atoms with Gasteiger partial charge in [-0.2, -0.15) is 0 Å². The van der Waals surface area contributed by atoms with Crippen LogP contribution in [0.3, 0.4) is 0 Å². The molecule has 1 aliphatic carbocycles. The summed E-state index contributed by atoms with van der Waals surface area (Å²) in [6, 6.07) is 0.328.